The van der Waals surface area contributed by atoms with Gasteiger partial charge in [-0.3, -0.25) is 0 Å². The van der Waals surface area contributed by atoms with Crippen LogP contribution in [0.25, 0.3) is 11.1 Å². The molecule has 2 aliphatic rings. The molecule has 0 bridgehead atoms. The zero-order chi connectivity index (χ0) is 15.1. The van der Waals surface area contributed by atoms with Gasteiger partial charge >= 0.3 is 145 Å². The summed E-state index contributed by atoms with van der Waals surface area (Å²) in [4.78, 5) is 0. The number of fused-ring (bicyclic) bond motifs is 3. The van der Waals surface area contributed by atoms with E-state index in [2.05, 4.69) is 74.5 Å². The quantitative estimate of drug-likeness (QED) is 0.635. The van der Waals surface area contributed by atoms with Crippen molar-refractivity contribution >= 4 is 0 Å². The molecule has 0 unspecified atom stereocenters. The average molecular weight is 435 g/mol. The third-order valence-corrected chi connectivity index (χ3v) is 8.06. The molecule has 2 aromatic carbocycles. The van der Waals surface area contributed by atoms with Crippen molar-refractivity contribution in [2.24, 2.45) is 0 Å². The smallest absolute Gasteiger partial charge is 1.00 e. The first-order chi connectivity index (χ1) is 10.8. The van der Waals surface area contributed by atoms with Crippen molar-refractivity contribution < 1.29 is 48.0 Å². The van der Waals surface area contributed by atoms with Gasteiger partial charge in [-0.05, 0) is 0 Å². The van der Waals surface area contributed by atoms with Crippen LogP contribution in [0.4, 0.5) is 0 Å². The van der Waals surface area contributed by atoms with E-state index < -0.39 is 23.2 Å². The van der Waals surface area contributed by atoms with Crippen molar-refractivity contribution in [3.05, 3.63) is 80.7 Å². The predicted molar refractivity (Wildman–Crippen MR) is 89.6 cm³/mol. The van der Waals surface area contributed by atoms with Gasteiger partial charge in [0.2, 0.25) is 0 Å². The molecule has 0 radical (unpaired) electrons. The second-order valence-electron chi connectivity index (χ2n) is 6.45. The molecule has 0 fully saturated rings. The van der Waals surface area contributed by atoms with Gasteiger partial charge in [-0.25, -0.2) is 0 Å². The van der Waals surface area contributed by atoms with Gasteiger partial charge in [0.25, 0.3) is 0 Å². The van der Waals surface area contributed by atoms with Gasteiger partial charge in [0.1, 0.15) is 0 Å². The molecular formula is C21H20Cl2Zr. The summed E-state index contributed by atoms with van der Waals surface area (Å²) in [6, 6.07) is 18.0. The second-order valence-corrected chi connectivity index (χ2v) is 11.5. The fourth-order valence-electron chi connectivity index (χ4n) is 3.77. The van der Waals surface area contributed by atoms with Crippen LogP contribution in [-0.2, 0) is 23.2 Å². The largest absolute Gasteiger partial charge is 1.00 e. The van der Waals surface area contributed by atoms with E-state index in [1.165, 1.54) is 28.7 Å². The van der Waals surface area contributed by atoms with Gasteiger partial charge in [-0.15, -0.1) is 0 Å². The Morgan fingerprint density at radius 1 is 0.875 bits per heavy atom. The Hall–Kier alpha value is -0.617. The van der Waals surface area contributed by atoms with Crippen LogP contribution in [0.2, 0.25) is 3.63 Å². The Balaban J connectivity index is 0.00000104. The van der Waals surface area contributed by atoms with E-state index in [-0.39, 0.29) is 24.8 Å². The molecule has 0 heterocycles. The van der Waals surface area contributed by atoms with Gasteiger partial charge < -0.3 is 24.8 Å². The van der Waals surface area contributed by atoms with Crippen molar-refractivity contribution in [3.8, 4) is 11.1 Å². The summed E-state index contributed by atoms with van der Waals surface area (Å²) in [6.45, 7) is 4.79. The molecule has 4 rings (SSSR count). The zero-order valence-corrected chi connectivity index (χ0v) is 17.9. The van der Waals surface area contributed by atoms with Gasteiger partial charge in [-0.2, -0.15) is 0 Å². The van der Waals surface area contributed by atoms with Crippen LogP contribution in [0.5, 0.6) is 0 Å². The molecule has 0 spiro atoms. The maximum absolute atomic E-state index is 2.42. The third kappa shape index (κ3) is 3.36. The first-order valence-corrected chi connectivity index (χ1v) is 10.7. The number of hydrogen-bond acceptors (Lipinski definition) is 0. The van der Waals surface area contributed by atoms with Crippen LogP contribution in [0, 0.1) is 0 Å². The SMILES string of the molecule is C[CH](C)[Zr+2][C]1=C(C2c3ccccc3-c3ccccc32)C=CC1.[Cl-].[Cl-]. The fourth-order valence-corrected chi connectivity index (χ4v) is 7.04. The summed E-state index contributed by atoms with van der Waals surface area (Å²) in [5.74, 6) is 0.473. The van der Waals surface area contributed by atoms with E-state index in [0.717, 1.165) is 3.63 Å². The first kappa shape index (κ1) is 19.7. The number of hydrogen-bond donors (Lipinski definition) is 0. The van der Waals surface area contributed by atoms with Crippen molar-refractivity contribution in [2.75, 3.05) is 0 Å². The molecule has 0 atom stereocenters. The first-order valence-electron chi connectivity index (χ1n) is 8.10. The van der Waals surface area contributed by atoms with Crippen molar-refractivity contribution in [1.29, 1.82) is 0 Å². The van der Waals surface area contributed by atoms with Crippen molar-refractivity contribution in [1.82, 2.24) is 0 Å². The summed E-state index contributed by atoms with van der Waals surface area (Å²) in [5, 5.41) is 0. The fraction of sp³-hybridized carbons (Fsp3) is 0.238. The van der Waals surface area contributed by atoms with Crippen LogP contribution in [0.3, 0.4) is 0 Å². The minimum absolute atomic E-state index is 0. The normalized spacial score (nSPS) is 14.8. The number of halogens is 2. The molecule has 0 amide bonds. The molecule has 3 heteroatoms. The molecule has 0 saturated carbocycles. The van der Waals surface area contributed by atoms with E-state index in [0.29, 0.717) is 5.92 Å². The molecule has 0 aliphatic heterocycles. The molecule has 0 aromatic heterocycles. The minimum atomic E-state index is -0.445. The van der Waals surface area contributed by atoms with E-state index in [1.54, 1.807) is 8.85 Å². The van der Waals surface area contributed by atoms with Gasteiger partial charge in [0.15, 0.2) is 0 Å². The van der Waals surface area contributed by atoms with Crippen LogP contribution >= 0.6 is 0 Å². The summed E-state index contributed by atoms with van der Waals surface area (Å²) in [5.41, 5.74) is 7.50. The minimum Gasteiger partial charge on any atom is -1.00 e. The number of benzene rings is 2. The van der Waals surface area contributed by atoms with Gasteiger partial charge in [0, 0.05) is 0 Å². The molecule has 2 aliphatic carbocycles. The zero-order valence-electron chi connectivity index (χ0n) is 13.9. The molecule has 0 N–H and O–H groups in total. The Morgan fingerprint density at radius 3 is 1.96 bits per heavy atom. The Kier molecular flexibility index (Phi) is 6.71. The number of rotatable bonds is 3. The van der Waals surface area contributed by atoms with Crippen LogP contribution in [-0.4, -0.2) is 0 Å². The summed E-state index contributed by atoms with van der Waals surface area (Å²) in [6.07, 6.45) is 6.01. The van der Waals surface area contributed by atoms with Crippen LogP contribution in [0.15, 0.2) is 69.5 Å². The number of allylic oxidation sites excluding steroid dienone is 4. The van der Waals surface area contributed by atoms with E-state index in [1.807, 2.05) is 0 Å². The van der Waals surface area contributed by atoms with E-state index in [4.69, 9.17) is 0 Å². The Labute approximate surface area is 168 Å². The molecule has 0 nitrogen and oxygen atoms in total. The van der Waals surface area contributed by atoms with Gasteiger partial charge in [0.05, 0.1) is 0 Å². The van der Waals surface area contributed by atoms with E-state index in [9.17, 15) is 0 Å². The maximum Gasteiger partial charge on any atom is -1.00 e. The van der Waals surface area contributed by atoms with Crippen LogP contribution < -0.4 is 24.8 Å². The van der Waals surface area contributed by atoms with E-state index >= 15 is 0 Å². The molecular weight excluding hydrogens is 414 g/mol. The maximum atomic E-state index is 2.42. The molecule has 122 valence electrons. The molecule has 2 aromatic rings. The molecule has 24 heavy (non-hydrogen) atoms. The third-order valence-electron chi connectivity index (χ3n) is 4.58. The topological polar surface area (TPSA) is 0 Å². The summed E-state index contributed by atoms with van der Waals surface area (Å²) >= 11 is -0.445. The van der Waals surface area contributed by atoms with Crippen molar-refractivity contribution in [2.45, 2.75) is 29.8 Å². The van der Waals surface area contributed by atoms with Crippen molar-refractivity contribution in [3.63, 3.8) is 0 Å². The molecule has 0 saturated heterocycles. The summed E-state index contributed by atoms with van der Waals surface area (Å²) in [7, 11) is 0. The van der Waals surface area contributed by atoms with Crippen LogP contribution in [0.1, 0.15) is 37.3 Å². The monoisotopic (exact) mass is 432 g/mol. The predicted octanol–water partition coefficient (Wildman–Crippen LogP) is -0.0683. The Morgan fingerprint density at radius 2 is 1.42 bits per heavy atom. The van der Waals surface area contributed by atoms with Gasteiger partial charge in [-0.1, -0.05) is 0 Å². The average Bonchev–Trinajstić information content (AvgIpc) is 3.08. The standard InChI is InChI=1S/C18H13.C3H7.2ClH.Zr/c1-2-8-13(7-1)18-16-11-5-3-9-14(16)15-10-4-6-12-17(15)18;1-3-2;;;/h1,3-7,9-12,18H,2H2;3H,1-2H3;2*1H;/q;;;;+2/p-2. The second kappa shape index (κ2) is 8.17. The Bertz CT molecular complexity index is 744. The summed E-state index contributed by atoms with van der Waals surface area (Å²) < 4.78 is 2.69.